The van der Waals surface area contributed by atoms with E-state index in [1.54, 1.807) is 30.7 Å². The van der Waals surface area contributed by atoms with Crippen molar-refractivity contribution in [2.24, 2.45) is 4.99 Å². The average Bonchev–Trinajstić information content (AvgIpc) is 2.46. The van der Waals surface area contributed by atoms with Crippen molar-refractivity contribution in [3.05, 3.63) is 64.4 Å². The molecule has 0 radical (unpaired) electrons. The Bertz CT molecular complexity index is 800. The minimum Gasteiger partial charge on any atom is -0.256 e. The molecule has 0 atom stereocenters. The number of fused-ring (bicyclic) bond motifs is 1. The molecule has 1 heterocycles. The van der Waals surface area contributed by atoms with Crippen LogP contribution in [0.5, 0.6) is 0 Å². The van der Waals surface area contributed by atoms with E-state index in [4.69, 9.17) is 23.2 Å². The molecule has 2 aromatic carbocycles. The Morgan fingerprint density at radius 1 is 0.900 bits per heavy atom. The maximum absolute atomic E-state index is 6.09. The largest absolute Gasteiger partial charge is 0.256 e. The van der Waals surface area contributed by atoms with Gasteiger partial charge in [0, 0.05) is 29.2 Å². The summed E-state index contributed by atoms with van der Waals surface area (Å²) >= 11 is 11.9. The van der Waals surface area contributed by atoms with E-state index in [9.17, 15) is 0 Å². The Kier molecular flexibility index (Phi) is 3.63. The predicted octanol–water partition coefficient (Wildman–Crippen LogP) is 4.69. The second-order valence-corrected chi connectivity index (χ2v) is 5.00. The lowest BCUT2D eigenvalue weighted by atomic mass is 10.2. The van der Waals surface area contributed by atoms with E-state index in [2.05, 4.69) is 15.0 Å². The molecule has 0 aliphatic rings. The normalized spacial score (nSPS) is 11.3. The van der Waals surface area contributed by atoms with Crippen LogP contribution in [0.25, 0.3) is 11.0 Å². The summed E-state index contributed by atoms with van der Waals surface area (Å²) in [5.41, 5.74) is 3.26. The minimum atomic E-state index is 0.571. The second kappa shape index (κ2) is 5.57. The van der Waals surface area contributed by atoms with E-state index < -0.39 is 0 Å². The number of hydrogen-bond donors (Lipinski definition) is 0. The summed E-state index contributed by atoms with van der Waals surface area (Å²) in [5.74, 6) is 0. The van der Waals surface area contributed by atoms with E-state index in [1.165, 1.54) is 0 Å². The monoisotopic (exact) mass is 301 g/mol. The van der Waals surface area contributed by atoms with Crippen molar-refractivity contribution in [1.82, 2.24) is 9.97 Å². The molecule has 1 aromatic heterocycles. The molecule has 3 rings (SSSR count). The van der Waals surface area contributed by atoms with Gasteiger partial charge in [0.15, 0.2) is 0 Å². The molecule has 0 N–H and O–H groups in total. The number of hydrogen-bond acceptors (Lipinski definition) is 3. The van der Waals surface area contributed by atoms with Gasteiger partial charge in [-0.15, -0.1) is 0 Å². The Balaban J connectivity index is 1.93. The third kappa shape index (κ3) is 2.79. The lowest BCUT2D eigenvalue weighted by Crippen LogP contribution is -1.83. The van der Waals surface area contributed by atoms with Crippen LogP contribution in [0.4, 0.5) is 5.69 Å². The Morgan fingerprint density at radius 2 is 1.70 bits per heavy atom. The van der Waals surface area contributed by atoms with E-state index in [0.29, 0.717) is 10.0 Å². The summed E-state index contributed by atoms with van der Waals surface area (Å²) in [6, 6.07) is 10.9. The quantitative estimate of drug-likeness (QED) is 0.644. The molecule has 98 valence electrons. The maximum atomic E-state index is 6.09. The topological polar surface area (TPSA) is 38.1 Å². The minimum absolute atomic E-state index is 0.571. The summed E-state index contributed by atoms with van der Waals surface area (Å²) in [6.45, 7) is 0. The molecule has 0 saturated heterocycles. The molecule has 0 amide bonds. The van der Waals surface area contributed by atoms with Gasteiger partial charge in [-0.2, -0.15) is 0 Å². The average molecular weight is 302 g/mol. The van der Waals surface area contributed by atoms with Gasteiger partial charge in [0.2, 0.25) is 0 Å². The lowest BCUT2D eigenvalue weighted by Gasteiger charge is -1.99. The van der Waals surface area contributed by atoms with Crippen LogP contribution in [0, 0.1) is 0 Å². The van der Waals surface area contributed by atoms with Crippen LogP contribution in [-0.4, -0.2) is 16.2 Å². The zero-order valence-electron chi connectivity index (χ0n) is 10.3. The lowest BCUT2D eigenvalue weighted by molar-refractivity contribution is 1.29. The van der Waals surface area contributed by atoms with Gasteiger partial charge >= 0.3 is 0 Å². The van der Waals surface area contributed by atoms with Gasteiger partial charge < -0.3 is 0 Å². The standard InChI is InChI=1S/C15H9Cl2N3/c16-11-2-1-10(13(17)7-11)9-20-12-3-4-14-15(8-12)19-6-5-18-14/h1-9H. The van der Waals surface area contributed by atoms with Crippen molar-refractivity contribution < 1.29 is 0 Å². The first-order valence-electron chi connectivity index (χ1n) is 5.92. The molecule has 0 spiro atoms. The van der Waals surface area contributed by atoms with Crippen LogP contribution < -0.4 is 0 Å². The number of rotatable bonds is 2. The van der Waals surface area contributed by atoms with Gasteiger partial charge in [-0.05, 0) is 30.3 Å². The zero-order chi connectivity index (χ0) is 13.9. The molecule has 0 saturated carbocycles. The van der Waals surface area contributed by atoms with Gasteiger partial charge in [-0.3, -0.25) is 15.0 Å². The van der Waals surface area contributed by atoms with Crippen LogP contribution in [0.3, 0.4) is 0 Å². The molecule has 5 heteroatoms. The molecule has 0 unspecified atom stereocenters. The number of nitrogens with zero attached hydrogens (tertiary/aromatic N) is 3. The molecule has 20 heavy (non-hydrogen) atoms. The van der Waals surface area contributed by atoms with Crippen LogP contribution in [-0.2, 0) is 0 Å². The third-order valence-electron chi connectivity index (χ3n) is 2.77. The van der Waals surface area contributed by atoms with Crippen molar-refractivity contribution in [3.8, 4) is 0 Å². The van der Waals surface area contributed by atoms with Gasteiger partial charge in [0.05, 0.1) is 21.7 Å². The van der Waals surface area contributed by atoms with E-state index in [1.807, 2.05) is 24.3 Å². The molecule has 0 aliphatic carbocycles. The summed E-state index contributed by atoms with van der Waals surface area (Å²) in [4.78, 5) is 12.9. The SMILES string of the molecule is Clc1ccc(C=Nc2ccc3nccnc3c2)c(Cl)c1. The van der Waals surface area contributed by atoms with Gasteiger partial charge in [-0.25, -0.2) is 0 Å². The Labute approximate surface area is 125 Å². The number of halogens is 2. The second-order valence-electron chi connectivity index (χ2n) is 4.15. The van der Waals surface area contributed by atoms with Crippen LogP contribution in [0.2, 0.25) is 10.0 Å². The van der Waals surface area contributed by atoms with Gasteiger partial charge in [-0.1, -0.05) is 29.3 Å². The smallest absolute Gasteiger partial charge is 0.0908 e. The van der Waals surface area contributed by atoms with Crippen molar-refractivity contribution >= 4 is 46.1 Å². The third-order valence-corrected chi connectivity index (χ3v) is 3.33. The fraction of sp³-hybridized carbons (Fsp3) is 0. The fourth-order valence-electron chi connectivity index (χ4n) is 1.78. The molecular weight excluding hydrogens is 293 g/mol. The molecule has 0 aliphatic heterocycles. The molecule has 3 aromatic rings. The molecule has 0 fully saturated rings. The maximum Gasteiger partial charge on any atom is 0.0908 e. The van der Waals surface area contributed by atoms with E-state index in [-0.39, 0.29) is 0 Å². The first kappa shape index (κ1) is 13.0. The highest BCUT2D eigenvalue weighted by molar-refractivity contribution is 6.36. The van der Waals surface area contributed by atoms with Crippen LogP contribution in [0.15, 0.2) is 53.8 Å². The van der Waals surface area contributed by atoms with Crippen molar-refractivity contribution in [2.75, 3.05) is 0 Å². The van der Waals surface area contributed by atoms with Crippen molar-refractivity contribution in [1.29, 1.82) is 0 Å². The summed E-state index contributed by atoms with van der Waals surface area (Å²) in [5, 5.41) is 1.18. The first-order valence-corrected chi connectivity index (χ1v) is 6.68. The Morgan fingerprint density at radius 3 is 2.50 bits per heavy atom. The summed E-state index contributed by atoms with van der Waals surface area (Å²) in [6.07, 6.45) is 5.03. The first-order chi connectivity index (χ1) is 9.72. The zero-order valence-corrected chi connectivity index (χ0v) is 11.8. The summed E-state index contributed by atoms with van der Waals surface area (Å²) < 4.78 is 0. The molecule has 3 nitrogen and oxygen atoms in total. The highest BCUT2D eigenvalue weighted by atomic mass is 35.5. The Hall–Kier alpha value is -1.97. The number of benzene rings is 2. The highest BCUT2D eigenvalue weighted by Crippen LogP contribution is 2.21. The highest BCUT2D eigenvalue weighted by Gasteiger charge is 1.99. The predicted molar refractivity (Wildman–Crippen MR) is 83.3 cm³/mol. The number of aromatic nitrogens is 2. The number of aliphatic imine (C=N–C) groups is 1. The van der Waals surface area contributed by atoms with Crippen LogP contribution in [0.1, 0.15) is 5.56 Å². The van der Waals surface area contributed by atoms with Gasteiger partial charge in [0.25, 0.3) is 0 Å². The van der Waals surface area contributed by atoms with Crippen molar-refractivity contribution in [3.63, 3.8) is 0 Å². The van der Waals surface area contributed by atoms with Crippen molar-refractivity contribution in [2.45, 2.75) is 0 Å². The summed E-state index contributed by atoms with van der Waals surface area (Å²) in [7, 11) is 0. The molecule has 0 bridgehead atoms. The molecular formula is C15H9Cl2N3. The van der Waals surface area contributed by atoms with Crippen LogP contribution >= 0.6 is 23.2 Å². The fourth-order valence-corrected chi connectivity index (χ4v) is 2.24. The van der Waals surface area contributed by atoms with E-state index in [0.717, 1.165) is 22.3 Å². The van der Waals surface area contributed by atoms with E-state index >= 15 is 0 Å². The van der Waals surface area contributed by atoms with Gasteiger partial charge in [0.1, 0.15) is 0 Å².